The lowest BCUT2D eigenvalue weighted by Crippen LogP contribution is -2.04. The van der Waals surface area contributed by atoms with Crippen molar-refractivity contribution in [1.29, 1.82) is 0 Å². The smallest absolute Gasteiger partial charge is 0.106 e. The van der Waals surface area contributed by atoms with E-state index in [9.17, 15) is 0 Å². The van der Waals surface area contributed by atoms with Crippen LogP contribution in [-0.4, -0.2) is 4.98 Å². The summed E-state index contributed by atoms with van der Waals surface area (Å²) in [7, 11) is 0. The summed E-state index contributed by atoms with van der Waals surface area (Å²) < 4.78 is 0.872. The van der Waals surface area contributed by atoms with Gasteiger partial charge in [-0.15, -0.1) is 0 Å². The molecule has 1 N–H and O–H groups in total. The minimum Gasteiger partial charge on any atom is -0.379 e. The van der Waals surface area contributed by atoms with E-state index in [0.717, 1.165) is 22.5 Å². The van der Waals surface area contributed by atoms with E-state index in [0.29, 0.717) is 0 Å². The predicted molar refractivity (Wildman–Crippen MR) is 79.9 cm³/mol. The van der Waals surface area contributed by atoms with E-state index in [-0.39, 0.29) is 0 Å². The lowest BCUT2D eigenvalue weighted by molar-refractivity contribution is 1.08. The number of aromatic nitrogens is 1. The van der Waals surface area contributed by atoms with Gasteiger partial charge in [-0.2, -0.15) is 0 Å². The molecular weight excluding hydrogens is 288 g/mol. The first-order valence-corrected chi connectivity index (χ1v) is 6.79. The Kier molecular flexibility index (Phi) is 4.02. The van der Waals surface area contributed by atoms with E-state index < -0.39 is 0 Å². The largest absolute Gasteiger partial charge is 0.379 e. The Labute approximate surface area is 117 Å². The molecule has 0 amide bonds. The summed E-state index contributed by atoms with van der Waals surface area (Å²) in [6.07, 6.45) is 0. The first-order valence-electron chi connectivity index (χ1n) is 5.99. The van der Waals surface area contributed by atoms with Gasteiger partial charge in [0, 0.05) is 6.54 Å². The number of pyridine rings is 1. The summed E-state index contributed by atoms with van der Waals surface area (Å²) in [6, 6.07) is 10.5. The fraction of sp³-hybridized carbons (Fsp3) is 0.267. The second-order valence-electron chi connectivity index (χ2n) is 4.55. The minimum absolute atomic E-state index is 0.831. The molecule has 0 aliphatic rings. The maximum atomic E-state index is 4.38. The maximum Gasteiger partial charge on any atom is 0.106 e. The van der Waals surface area contributed by atoms with Gasteiger partial charge in [-0.25, -0.2) is 4.98 Å². The zero-order valence-electron chi connectivity index (χ0n) is 10.9. The van der Waals surface area contributed by atoms with Gasteiger partial charge in [-0.1, -0.05) is 23.8 Å². The molecule has 0 saturated heterocycles. The van der Waals surface area contributed by atoms with Crippen molar-refractivity contribution in [3.05, 3.63) is 57.3 Å². The summed E-state index contributed by atoms with van der Waals surface area (Å²) in [4.78, 5) is 4.38. The summed E-state index contributed by atoms with van der Waals surface area (Å²) in [5.74, 6) is 0. The van der Waals surface area contributed by atoms with Crippen LogP contribution < -0.4 is 5.32 Å². The molecule has 1 aromatic heterocycles. The van der Waals surface area contributed by atoms with Crippen molar-refractivity contribution >= 4 is 21.6 Å². The van der Waals surface area contributed by atoms with Gasteiger partial charge in [0.1, 0.15) is 4.60 Å². The van der Waals surface area contributed by atoms with E-state index in [1.54, 1.807) is 0 Å². The predicted octanol–water partition coefficient (Wildman–Crippen LogP) is 4.38. The van der Waals surface area contributed by atoms with Crippen LogP contribution in [0.15, 0.2) is 34.9 Å². The highest BCUT2D eigenvalue weighted by molar-refractivity contribution is 9.10. The number of nitrogens with one attached hydrogen (secondary N) is 1. The van der Waals surface area contributed by atoms with E-state index in [4.69, 9.17) is 0 Å². The minimum atomic E-state index is 0.831. The van der Waals surface area contributed by atoms with Gasteiger partial charge in [0.2, 0.25) is 0 Å². The summed E-state index contributed by atoms with van der Waals surface area (Å²) in [5, 5.41) is 3.44. The van der Waals surface area contributed by atoms with Crippen LogP contribution in [0.2, 0.25) is 0 Å². The zero-order chi connectivity index (χ0) is 13.1. The third-order valence-corrected chi connectivity index (χ3v) is 3.47. The van der Waals surface area contributed by atoms with E-state index >= 15 is 0 Å². The molecule has 2 rings (SSSR count). The number of anilines is 1. The summed E-state index contributed by atoms with van der Waals surface area (Å²) in [6.45, 7) is 7.10. The number of hydrogen-bond acceptors (Lipinski definition) is 2. The second kappa shape index (κ2) is 5.53. The standard InChI is InChI=1S/C15H17BrN2/c1-10-4-5-11(2)13(8-10)9-17-14-6-7-15(16)18-12(14)3/h4-8,17H,9H2,1-3H3. The molecule has 0 aliphatic heterocycles. The maximum absolute atomic E-state index is 4.38. The second-order valence-corrected chi connectivity index (χ2v) is 5.36. The molecule has 0 aliphatic carbocycles. The van der Waals surface area contributed by atoms with Crippen molar-refractivity contribution in [3.63, 3.8) is 0 Å². The van der Waals surface area contributed by atoms with Gasteiger partial charge >= 0.3 is 0 Å². The average molecular weight is 305 g/mol. The molecule has 18 heavy (non-hydrogen) atoms. The van der Waals surface area contributed by atoms with E-state index in [1.807, 2.05) is 13.0 Å². The Hall–Kier alpha value is -1.35. The number of nitrogens with zero attached hydrogens (tertiary/aromatic N) is 1. The number of aryl methyl sites for hydroxylation is 3. The van der Waals surface area contributed by atoms with Gasteiger partial charge < -0.3 is 5.32 Å². The first kappa shape index (κ1) is 13.1. The monoisotopic (exact) mass is 304 g/mol. The first-order chi connectivity index (χ1) is 8.56. The van der Waals surface area contributed by atoms with Crippen LogP contribution in [0.5, 0.6) is 0 Å². The Bertz CT molecular complexity index is 564. The highest BCUT2D eigenvalue weighted by Gasteiger charge is 2.02. The molecule has 94 valence electrons. The number of rotatable bonds is 3. The van der Waals surface area contributed by atoms with Crippen LogP contribution in [-0.2, 0) is 6.54 Å². The Balaban J connectivity index is 2.13. The van der Waals surface area contributed by atoms with Crippen LogP contribution in [0, 0.1) is 20.8 Å². The summed E-state index contributed by atoms with van der Waals surface area (Å²) >= 11 is 3.37. The fourth-order valence-corrected chi connectivity index (χ4v) is 2.30. The number of halogens is 1. The zero-order valence-corrected chi connectivity index (χ0v) is 12.5. The van der Waals surface area contributed by atoms with Crippen LogP contribution >= 0.6 is 15.9 Å². The van der Waals surface area contributed by atoms with Crippen LogP contribution in [0.4, 0.5) is 5.69 Å². The molecule has 0 bridgehead atoms. The Morgan fingerprint density at radius 1 is 1.11 bits per heavy atom. The van der Waals surface area contributed by atoms with Crippen molar-refractivity contribution in [2.24, 2.45) is 0 Å². The molecule has 0 radical (unpaired) electrons. The van der Waals surface area contributed by atoms with Crippen LogP contribution in [0.25, 0.3) is 0 Å². The molecule has 1 heterocycles. The summed E-state index contributed by atoms with van der Waals surface area (Å²) in [5.41, 5.74) is 6.03. The topological polar surface area (TPSA) is 24.9 Å². The Morgan fingerprint density at radius 2 is 1.89 bits per heavy atom. The van der Waals surface area contributed by atoms with Crippen molar-refractivity contribution in [3.8, 4) is 0 Å². The number of hydrogen-bond donors (Lipinski definition) is 1. The molecule has 0 spiro atoms. The molecule has 1 aromatic carbocycles. The van der Waals surface area contributed by atoms with Crippen molar-refractivity contribution in [2.75, 3.05) is 5.32 Å². The third kappa shape index (κ3) is 3.10. The van der Waals surface area contributed by atoms with Crippen LogP contribution in [0.1, 0.15) is 22.4 Å². The van der Waals surface area contributed by atoms with Gasteiger partial charge in [0.25, 0.3) is 0 Å². The van der Waals surface area contributed by atoms with Gasteiger partial charge in [-0.05, 0) is 60.0 Å². The Morgan fingerprint density at radius 3 is 2.61 bits per heavy atom. The van der Waals surface area contributed by atoms with Crippen molar-refractivity contribution < 1.29 is 0 Å². The van der Waals surface area contributed by atoms with Gasteiger partial charge in [0.15, 0.2) is 0 Å². The molecule has 3 heteroatoms. The highest BCUT2D eigenvalue weighted by Crippen LogP contribution is 2.18. The lowest BCUT2D eigenvalue weighted by atomic mass is 10.1. The fourth-order valence-electron chi connectivity index (χ4n) is 1.90. The number of benzene rings is 1. The highest BCUT2D eigenvalue weighted by atomic mass is 79.9. The van der Waals surface area contributed by atoms with E-state index in [1.165, 1.54) is 16.7 Å². The quantitative estimate of drug-likeness (QED) is 0.851. The normalized spacial score (nSPS) is 10.4. The average Bonchev–Trinajstić information content (AvgIpc) is 2.32. The van der Waals surface area contributed by atoms with Gasteiger partial charge in [0.05, 0.1) is 11.4 Å². The van der Waals surface area contributed by atoms with E-state index in [2.05, 4.69) is 64.3 Å². The van der Waals surface area contributed by atoms with Crippen LogP contribution in [0.3, 0.4) is 0 Å². The molecule has 2 nitrogen and oxygen atoms in total. The SMILES string of the molecule is Cc1ccc(C)c(CNc2ccc(Br)nc2C)c1. The molecule has 0 saturated carbocycles. The molecule has 2 aromatic rings. The van der Waals surface area contributed by atoms with Gasteiger partial charge in [-0.3, -0.25) is 0 Å². The lowest BCUT2D eigenvalue weighted by Gasteiger charge is -2.11. The molecule has 0 atom stereocenters. The third-order valence-electron chi connectivity index (χ3n) is 3.03. The van der Waals surface area contributed by atoms with Crippen molar-refractivity contribution in [2.45, 2.75) is 27.3 Å². The molecular formula is C15H17BrN2. The molecule has 0 fully saturated rings. The van der Waals surface area contributed by atoms with Crippen molar-refractivity contribution in [1.82, 2.24) is 4.98 Å². The molecule has 0 unspecified atom stereocenters.